The smallest absolute Gasteiger partial charge is 0.337 e. The second-order valence-corrected chi connectivity index (χ2v) is 10.9. The monoisotopic (exact) mass is 504 g/mol. The van der Waals surface area contributed by atoms with Gasteiger partial charge in [0.2, 0.25) is 5.78 Å². The SMILES string of the molecule is COC(=O)c1ccc(N2C(=O)C(O)=C(C(=O)c3sc(C)nc3C)C2c2ccc(C(C)(C)C)cc2)cc1. The minimum absolute atomic E-state index is 0.00676. The molecule has 0 bridgehead atoms. The Balaban J connectivity index is 1.85. The highest BCUT2D eigenvalue weighted by atomic mass is 32.1. The third kappa shape index (κ3) is 4.44. The summed E-state index contributed by atoms with van der Waals surface area (Å²) in [5, 5.41) is 11.7. The Morgan fingerprint density at radius 3 is 2.14 bits per heavy atom. The van der Waals surface area contributed by atoms with Crippen molar-refractivity contribution in [1.82, 2.24) is 4.98 Å². The molecule has 3 aromatic rings. The van der Waals surface area contributed by atoms with Crippen molar-refractivity contribution in [3.05, 3.63) is 92.1 Å². The molecule has 2 aromatic carbocycles. The summed E-state index contributed by atoms with van der Waals surface area (Å²) in [5.41, 5.74) is 3.01. The van der Waals surface area contributed by atoms with Gasteiger partial charge in [-0.15, -0.1) is 11.3 Å². The molecule has 1 atom stereocenters. The number of carbonyl (C=O) groups excluding carboxylic acids is 3. The summed E-state index contributed by atoms with van der Waals surface area (Å²) in [7, 11) is 1.29. The number of methoxy groups -OCH3 is 1. The maximum atomic E-state index is 13.7. The number of aliphatic hydroxyl groups is 1. The van der Waals surface area contributed by atoms with Gasteiger partial charge in [-0.1, -0.05) is 45.0 Å². The number of aryl methyl sites for hydroxylation is 2. The Hall–Kier alpha value is -3.78. The number of hydrogen-bond acceptors (Lipinski definition) is 7. The molecule has 7 nitrogen and oxygen atoms in total. The predicted octanol–water partition coefficient (Wildman–Crippen LogP) is 5.63. The number of ether oxygens (including phenoxy) is 1. The van der Waals surface area contributed by atoms with E-state index in [1.54, 1.807) is 38.1 Å². The van der Waals surface area contributed by atoms with Gasteiger partial charge in [-0.2, -0.15) is 0 Å². The topological polar surface area (TPSA) is 96.8 Å². The summed E-state index contributed by atoms with van der Waals surface area (Å²) in [5.74, 6) is -2.21. The van der Waals surface area contributed by atoms with Gasteiger partial charge in [0.25, 0.3) is 5.91 Å². The van der Waals surface area contributed by atoms with Crippen LogP contribution in [-0.4, -0.2) is 34.9 Å². The van der Waals surface area contributed by atoms with Crippen LogP contribution < -0.4 is 4.90 Å². The van der Waals surface area contributed by atoms with Crippen LogP contribution in [0.2, 0.25) is 0 Å². The number of rotatable bonds is 5. The third-order valence-electron chi connectivity index (χ3n) is 6.22. The molecule has 2 heterocycles. The molecule has 8 heteroatoms. The number of aromatic nitrogens is 1. The second-order valence-electron chi connectivity index (χ2n) is 9.73. The number of ketones is 1. The largest absolute Gasteiger partial charge is 0.503 e. The number of thiazole rings is 1. The second kappa shape index (κ2) is 9.35. The molecule has 1 amide bonds. The average Bonchev–Trinajstić information content (AvgIpc) is 3.32. The first kappa shape index (κ1) is 25.3. The van der Waals surface area contributed by atoms with E-state index in [0.717, 1.165) is 10.6 Å². The van der Waals surface area contributed by atoms with Crippen molar-refractivity contribution in [2.75, 3.05) is 12.0 Å². The molecule has 0 saturated heterocycles. The number of anilines is 1. The van der Waals surface area contributed by atoms with Crippen molar-refractivity contribution < 1.29 is 24.2 Å². The van der Waals surface area contributed by atoms with Gasteiger partial charge >= 0.3 is 5.97 Å². The summed E-state index contributed by atoms with van der Waals surface area (Å²) in [6.07, 6.45) is 0. The van der Waals surface area contributed by atoms with Gasteiger partial charge in [-0.05, 0) is 54.7 Å². The highest BCUT2D eigenvalue weighted by molar-refractivity contribution is 7.14. The molecule has 186 valence electrons. The molecule has 0 radical (unpaired) electrons. The van der Waals surface area contributed by atoms with Crippen LogP contribution in [0.4, 0.5) is 5.69 Å². The Labute approximate surface area is 214 Å². The standard InChI is InChI=1S/C28H28N2O5S/c1-15-25(36-16(2)29-15)23(31)21-22(17-7-11-19(12-8-17)28(3,4)5)30(26(33)24(21)32)20-13-9-18(10-14-20)27(34)35-6/h7-14,22,32H,1-6H3. The van der Waals surface area contributed by atoms with E-state index >= 15 is 0 Å². The fourth-order valence-electron chi connectivity index (χ4n) is 4.32. The van der Waals surface area contributed by atoms with Crippen LogP contribution in [0.1, 0.15) is 68.7 Å². The Morgan fingerprint density at radius 1 is 1.03 bits per heavy atom. The lowest BCUT2D eigenvalue weighted by Gasteiger charge is -2.28. The zero-order valence-electron chi connectivity index (χ0n) is 21.1. The molecular formula is C28H28N2O5S. The van der Waals surface area contributed by atoms with Crippen LogP contribution >= 0.6 is 11.3 Å². The molecule has 1 N–H and O–H groups in total. The molecular weight excluding hydrogens is 476 g/mol. The van der Waals surface area contributed by atoms with E-state index in [0.29, 0.717) is 27.4 Å². The molecule has 36 heavy (non-hydrogen) atoms. The van der Waals surface area contributed by atoms with E-state index in [2.05, 4.69) is 25.8 Å². The molecule has 1 aliphatic rings. The molecule has 0 saturated carbocycles. The Morgan fingerprint density at radius 2 is 1.64 bits per heavy atom. The zero-order valence-corrected chi connectivity index (χ0v) is 21.9. The van der Waals surface area contributed by atoms with Gasteiger partial charge in [0.05, 0.1) is 39.9 Å². The lowest BCUT2D eigenvalue weighted by atomic mass is 9.85. The molecule has 1 unspecified atom stereocenters. The van der Waals surface area contributed by atoms with E-state index in [-0.39, 0.29) is 11.0 Å². The lowest BCUT2D eigenvalue weighted by Crippen LogP contribution is -2.31. The summed E-state index contributed by atoms with van der Waals surface area (Å²) < 4.78 is 4.76. The Kier molecular flexibility index (Phi) is 6.58. The highest BCUT2D eigenvalue weighted by Gasteiger charge is 2.45. The summed E-state index contributed by atoms with van der Waals surface area (Å²) in [4.78, 5) is 45.1. The average molecular weight is 505 g/mol. The van der Waals surface area contributed by atoms with Crippen molar-refractivity contribution in [2.24, 2.45) is 0 Å². The van der Waals surface area contributed by atoms with Gasteiger partial charge in [0.15, 0.2) is 5.76 Å². The van der Waals surface area contributed by atoms with Crippen LogP contribution in [0.5, 0.6) is 0 Å². The maximum Gasteiger partial charge on any atom is 0.337 e. The third-order valence-corrected chi connectivity index (χ3v) is 7.29. The van der Waals surface area contributed by atoms with Crippen LogP contribution in [0, 0.1) is 13.8 Å². The maximum absolute atomic E-state index is 13.7. The van der Waals surface area contributed by atoms with Gasteiger partial charge < -0.3 is 9.84 Å². The van der Waals surface area contributed by atoms with Crippen molar-refractivity contribution in [1.29, 1.82) is 0 Å². The first-order chi connectivity index (χ1) is 16.9. The van der Waals surface area contributed by atoms with Crippen molar-refractivity contribution in [3.8, 4) is 0 Å². The number of hydrogen-bond donors (Lipinski definition) is 1. The minimum Gasteiger partial charge on any atom is -0.503 e. The van der Waals surface area contributed by atoms with Crippen LogP contribution in [0.25, 0.3) is 0 Å². The fourth-order valence-corrected chi connectivity index (χ4v) is 5.20. The Bertz CT molecular complexity index is 1380. The molecule has 1 aliphatic heterocycles. The molecule has 0 spiro atoms. The summed E-state index contributed by atoms with van der Waals surface area (Å²) in [6, 6.07) is 13.1. The number of amides is 1. The van der Waals surface area contributed by atoms with Gasteiger partial charge in [0, 0.05) is 5.69 Å². The number of aliphatic hydroxyl groups excluding tert-OH is 1. The van der Waals surface area contributed by atoms with E-state index in [1.165, 1.54) is 23.3 Å². The number of esters is 1. The number of carbonyl (C=O) groups is 3. The van der Waals surface area contributed by atoms with Crippen LogP contribution in [-0.2, 0) is 14.9 Å². The normalized spacial score (nSPS) is 16.0. The first-order valence-corrected chi connectivity index (χ1v) is 12.3. The minimum atomic E-state index is -0.857. The fraction of sp³-hybridized carbons (Fsp3) is 0.286. The zero-order chi connectivity index (χ0) is 26.4. The van der Waals surface area contributed by atoms with Crippen molar-refractivity contribution in [3.63, 3.8) is 0 Å². The molecule has 0 fully saturated rings. The summed E-state index contributed by atoms with van der Waals surface area (Å²) >= 11 is 1.23. The van der Waals surface area contributed by atoms with Gasteiger partial charge in [0.1, 0.15) is 0 Å². The van der Waals surface area contributed by atoms with E-state index in [9.17, 15) is 19.5 Å². The number of Topliss-reactive ketones (excluding diaryl/α,β-unsaturated/α-hetero) is 1. The molecule has 0 aliphatic carbocycles. The van der Waals surface area contributed by atoms with Crippen LogP contribution in [0.3, 0.4) is 0 Å². The first-order valence-electron chi connectivity index (χ1n) is 11.5. The lowest BCUT2D eigenvalue weighted by molar-refractivity contribution is -0.117. The predicted molar refractivity (Wildman–Crippen MR) is 139 cm³/mol. The summed E-state index contributed by atoms with van der Waals surface area (Å²) in [6.45, 7) is 9.85. The van der Waals surface area contributed by atoms with Gasteiger partial charge in [-0.25, -0.2) is 9.78 Å². The van der Waals surface area contributed by atoms with E-state index < -0.39 is 29.5 Å². The molecule has 1 aromatic heterocycles. The number of nitrogens with zero attached hydrogens (tertiary/aromatic N) is 2. The highest BCUT2D eigenvalue weighted by Crippen LogP contribution is 2.43. The van der Waals surface area contributed by atoms with Crippen molar-refractivity contribution in [2.45, 2.75) is 46.1 Å². The van der Waals surface area contributed by atoms with Crippen LogP contribution in [0.15, 0.2) is 59.9 Å². The number of benzene rings is 2. The van der Waals surface area contributed by atoms with Gasteiger partial charge in [-0.3, -0.25) is 14.5 Å². The molecule has 4 rings (SSSR count). The van der Waals surface area contributed by atoms with E-state index in [4.69, 9.17) is 4.74 Å². The quantitative estimate of drug-likeness (QED) is 0.357. The van der Waals surface area contributed by atoms with Crippen molar-refractivity contribution >= 4 is 34.7 Å². The van der Waals surface area contributed by atoms with E-state index in [1.807, 2.05) is 24.3 Å².